The van der Waals surface area contributed by atoms with E-state index >= 15 is 0 Å². The van der Waals surface area contributed by atoms with Gasteiger partial charge >= 0.3 is 0 Å². The Kier molecular flexibility index (Phi) is 7.26. The summed E-state index contributed by atoms with van der Waals surface area (Å²) in [5.74, 6) is 0.343. The van der Waals surface area contributed by atoms with Crippen LogP contribution in [0.15, 0.2) is 70.2 Å². The van der Waals surface area contributed by atoms with E-state index in [1.807, 2.05) is 74.5 Å². The molecule has 2 aromatic heterocycles. The number of rotatable bonds is 8. The van der Waals surface area contributed by atoms with Crippen LogP contribution in [0.25, 0.3) is 21.3 Å². The molecule has 182 valence electrons. The molecule has 2 heterocycles. The summed E-state index contributed by atoms with van der Waals surface area (Å²) in [6, 6.07) is 19.4. The predicted octanol–water partition coefficient (Wildman–Crippen LogP) is 6.25. The van der Waals surface area contributed by atoms with Gasteiger partial charge in [0.1, 0.15) is 0 Å². The van der Waals surface area contributed by atoms with E-state index in [9.17, 15) is 9.59 Å². The predicted molar refractivity (Wildman–Crippen MR) is 150 cm³/mol. The molecule has 5 rings (SSSR count). The number of para-hydroxylation sites is 2. The van der Waals surface area contributed by atoms with Crippen LogP contribution in [0.3, 0.4) is 0 Å². The zero-order chi connectivity index (χ0) is 25.1. The first-order valence-electron chi connectivity index (χ1n) is 11.2. The van der Waals surface area contributed by atoms with Gasteiger partial charge in [-0.25, -0.2) is 9.97 Å². The molecular weight excluding hydrogens is 511 g/mol. The summed E-state index contributed by atoms with van der Waals surface area (Å²) in [6.45, 7) is 4.01. The van der Waals surface area contributed by atoms with Crippen molar-refractivity contribution in [1.82, 2.24) is 15.0 Å². The number of aromatic amines is 1. The lowest BCUT2D eigenvalue weighted by molar-refractivity contribution is -0.114. The van der Waals surface area contributed by atoms with E-state index in [1.54, 1.807) is 0 Å². The summed E-state index contributed by atoms with van der Waals surface area (Å²) in [6.07, 6.45) is 0. The van der Waals surface area contributed by atoms with E-state index in [2.05, 4.69) is 25.6 Å². The monoisotopic (exact) mass is 533 g/mol. The van der Waals surface area contributed by atoms with E-state index in [0.717, 1.165) is 42.4 Å². The number of fused-ring (bicyclic) bond motifs is 2. The number of imidazole rings is 1. The first-order valence-corrected chi connectivity index (χ1v) is 14.0. The number of benzene rings is 3. The van der Waals surface area contributed by atoms with Crippen molar-refractivity contribution in [3.8, 4) is 0 Å². The zero-order valence-corrected chi connectivity index (χ0v) is 22.1. The summed E-state index contributed by atoms with van der Waals surface area (Å²) >= 11 is 4.27. The standard InChI is InChI=1S/C26H23N5O2S3/c1-15-7-9-18(16(2)11-15)28-24(33)14-35-26-31-21-10-8-17(12-22(21)36-26)27-23(32)13-34-25-29-19-5-3-4-6-20(19)30-25/h3-12H,13-14H2,1-2H3,(H,27,32)(H,28,33)(H,29,30). The minimum absolute atomic E-state index is 0.0684. The number of hydrogen-bond donors (Lipinski definition) is 3. The van der Waals surface area contributed by atoms with E-state index in [1.165, 1.54) is 34.9 Å². The number of thioether (sulfide) groups is 2. The molecule has 0 aliphatic rings. The van der Waals surface area contributed by atoms with Crippen LogP contribution in [-0.4, -0.2) is 38.3 Å². The quantitative estimate of drug-likeness (QED) is 0.204. The molecule has 0 aliphatic heterocycles. The summed E-state index contributed by atoms with van der Waals surface area (Å²) in [5.41, 5.74) is 6.42. The lowest BCUT2D eigenvalue weighted by Gasteiger charge is -2.08. The molecule has 0 unspecified atom stereocenters. The third-order valence-corrected chi connectivity index (χ3v) is 8.38. The van der Waals surface area contributed by atoms with Gasteiger partial charge in [0.2, 0.25) is 11.8 Å². The van der Waals surface area contributed by atoms with E-state index in [-0.39, 0.29) is 23.3 Å². The zero-order valence-electron chi connectivity index (χ0n) is 19.6. The SMILES string of the molecule is Cc1ccc(NC(=O)CSc2nc3ccc(NC(=O)CSc4nc5ccccc5[nH]4)cc3s2)c(C)c1. The van der Waals surface area contributed by atoms with E-state index < -0.39 is 0 Å². The molecular formula is C26H23N5O2S3. The van der Waals surface area contributed by atoms with Gasteiger partial charge in [-0.05, 0) is 55.8 Å². The molecule has 0 spiro atoms. The average Bonchev–Trinajstić information content (AvgIpc) is 3.46. The number of aromatic nitrogens is 3. The highest BCUT2D eigenvalue weighted by molar-refractivity contribution is 8.01. The smallest absolute Gasteiger partial charge is 0.234 e. The summed E-state index contributed by atoms with van der Waals surface area (Å²) in [4.78, 5) is 37.2. The molecule has 0 aliphatic carbocycles. The molecule has 2 amide bonds. The van der Waals surface area contributed by atoms with Gasteiger partial charge in [-0.1, -0.05) is 53.4 Å². The number of nitrogens with one attached hydrogen (secondary N) is 3. The first-order chi connectivity index (χ1) is 17.4. The van der Waals surface area contributed by atoms with Crippen molar-refractivity contribution in [3.63, 3.8) is 0 Å². The van der Waals surface area contributed by atoms with Gasteiger partial charge in [-0.15, -0.1) is 11.3 Å². The molecule has 0 saturated heterocycles. The van der Waals surface area contributed by atoms with Crippen molar-refractivity contribution in [3.05, 3.63) is 71.8 Å². The maximum atomic E-state index is 12.5. The summed E-state index contributed by atoms with van der Waals surface area (Å²) < 4.78 is 1.76. The fourth-order valence-corrected chi connectivity index (χ4v) is 6.23. The van der Waals surface area contributed by atoms with Crippen molar-refractivity contribution >= 4 is 79.3 Å². The highest BCUT2D eigenvalue weighted by atomic mass is 32.2. The molecule has 3 aromatic carbocycles. The molecule has 3 N–H and O–H groups in total. The third-order valence-electron chi connectivity index (χ3n) is 5.34. The van der Waals surface area contributed by atoms with Crippen LogP contribution in [0.4, 0.5) is 11.4 Å². The number of carbonyl (C=O) groups excluding carboxylic acids is 2. The van der Waals surface area contributed by atoms with Crippen LogP contribution in [0.1, 0.15) is 11.1 Å². The number of amides is 2. The highest BCUT2D eigenvalue weighted by Crippen LogP contribution is 2.31. The van der Waals surface area contributed by atoms with Gasteiger partial charge in [-0.3, -0.25) is 9.59 Å². The molecule has 0 atom stereocenters. The molecule has 0 saturated carbocycles. The molecule has 0 fully saturated rings. The number of H-pyrrole nitrogens is 1. The fourth-order valence-electron chi connectivity index (χ4n) is 3.64. The lowest BCUT2D eigenvalue weighted by atomic mass is 10.1. The highest BCUT2D eigenvalue weighted by Gasteiger charge is 2.12. The van der Waals surface area contributed by atoms with E-state index in [0.29, 0.717) is 10.8 Å². The van der Waals surface area contributed by atoms with Gasteiger partial charge in [0.15, 0.2) is 9.50 Å². The Bertz CT molecular complexity index is 1540. The van der Waals surface area contributed by atoms with Gasteiger partial charge in [-0.2, -0.15) is 0 Å². The van der Waals surface area contributed by atoms with Crippen LogP contribution < -0.4 is 10.6 Å². The maximum absolute atomic E-state index is 12.5. The topological polar surface area (TPSA) is 99.8 Å². The van der Waals surface area contributed by atoms with Crippen LogP contribution in [-0.2, 0) is 9.59 Å². The molecule has 10 heteroatoms. The van der Waals surface area contributed by atoms with Crippen molar-refractivity contribution in [2.75, 3.05) is 22.1 Å². The average molecular weight is 534 g/mol. The Morgan fingerprint density at radius 1 is 0.889 bits per heavy atom. The Balaban J connectivity index is 1.15. The van der Waals surface area contributed by atoms with Gasteiger partial charge in [0.05, 0.1) is 32.8 Å². The van der Waals surface area contributed by atoms with Crippen LogP contribution in [0, 0.1) is 13.8 Å². The van der Waals surface area contributed by atoms with Crippen LogP contribution >= 0.6 is 34.9 Å². The Labute approximate surface area is 220 Å². The maximum Gasteiger partial charge on any atom is 0.234 e. The number of nitrogens with zero attached hydrogens (tertiary/aromatic N) is 2. The largest absolute Gasteiger partial charge is 0.333 e. The second-order valence-electron chi connectivity index (χ2n) is 8.21. The van der Waals surface area contributed by atoms with Crippen molar-refractivity contribution in [2.45, 2.75) is 23.3 Å². The number of aryl methyl sites for hydroxylation is 2. The van der Waals surface area contributed by atoms with Crippen molar-refractivity contribution in [2.24, 2.45) is 0 Å². The normalized spacial score (nSPS) is 11.2. The third kappa shape index (κ3) is 5.89. The second kappa shape index (κ2) is 10.7. The Morgan fingerprint density at radius 3 is 2.53 bits per heavy atom. The van der Waals surface area contributed by atoms with Crippen molar-refractivity contribution < 1.29 is 9.59 Å². The summed E-state index contributed by atoms with van der Waals surface area (Å²) in [7, 11) is 0. The molecule has 36 heavy (non-hydrogen) atoms. The second-order valence-corrected chi connectivity index (χ2v) is 11.4. The van der Waals surface area contributed by atoms with Crippen molar-refractivity contribution in [1.29, 1.82) is 0 Å². The lowest BCUT2D eigenvalue weighted by Crippen LogP contribution is -2.14. The molecule has 5 aromatic rings. The van der Waals surface area contributed by atoms with Crippen LogP contribution in [0.5, 0.6) is 0 Å². The van der Waals surface area contributed by atoms with Gasteiger partial charge in [0, 0.05) is 11.4 Å². The minimum atomic E-state index is -0.109. The Morgan fingerprint density at radius 2 is 1.69 bits per heavy atom. The number of carbonyl (C=O) groups is 2. The van der Waals surface area contributed by atoms with E-state index in [4.69, 9.17) is 0 Å². The Hall–Kier alpha value is -3.34. The first kappa shape index (κ1) is 24.4. The molecule has 0 bridgehead atoms. The number of hydrogen-bond acceptors (Lipinski definition) is 7. The fraction of sp³-hybridized carbons (Fsp3) is 0.154. The minimum Gasteiger partial charge on any atom is -0.333 e. The van der Waals surface area contributed by atoms with Crippen LogP contribution in [0.2, 0.25) is 0 Å². The summed E-state index contributed by atoms with van der Waals surface area (Å²) in [5, 5.41) is 6.62. The molecule has 7 nitrogen and oxygen atoms in total. The molecule has 0 radical (unpaired) electrons. The van der Waals surface area contributed by atoms with Gasteiger partial charge in [0.25, 0.3) is 0 Å². The number of anilines is 2. The van der Waals surface area contributed by atoms with Gasteiger partial charge < -0.3 is 15.6 Å². The number of thiazole rings is 1.